The van der Waals surface area contributed by atoms with Crippen molar-refractivity contribution in [3.05, 3.63) is 52.3 Å². The molecule has 1 atom stereocenters. The molecule has 1 aromatic rings. The molecule has 4 heteroatoms. The minimum atomic E-state index is -0.633. The number of Topliss-reactive ketones (excluding diaryl/α,β-unsaturated/α-hetero) is 1. The summed E-state index contributed by atoms with van der Waals surface area (Å²) in [6.07, 6.45) is 2.58. The van der Waals surface area contributed by atoms with Gasteiger partial charge in [-0.2, -0.15) is 0 Å². The molecule has 1 aromatic carbocycles. The van der Waals surface area contributed by atoms with Crippen molar-refractivity contribution in [1.29, 1.82) is 0 Å². The van der Waals surface area contributed by atoms with E-state index < -0.39 is 11.6 Å². The number of hydrogen-bond donors (Lipinski definition) is 1. The number of rotatable bonds is 0. The minimum Gasteiger partial charge on any atom is -0.507 e. The van der Waals surface area contributed by atoms with Crippen molar-refractivity contribution in [2.75, 3.05) is 13.6 Å². The Morgan fingerprint density at radius 3 is 2.90 bits per heavy atom. The molecule has 2 aliphatic carbocycles. The quantitative estimate of drug-likeness (QED) is 0.583. The fourth-order valence-electron chi connectivity index (χ4n) is 3.72. The molecule has 0 radical (unpaired) electrons. The van der Waals surface area contributed by atoms with Gasteiger partial charge >= 0.3 is 0 Å². The number of carbonyl (C=O) groups excluding carboxylic acids is 2. The van der Waals surface area contributed by atoms with Gasteiger partial charge in [-0.05, 0) is 36.6 Å². The van der Waals surface area contributed by atoms with Crippen molar-refractivity contribution in [3.8, 4) is 0 Å². The minimum absolute atomic E-state index is 0.0513. The van der Waals surface area contributed by atoms with Crippen LogP contribution in [0.15, 0.2) is 35.6 Å². The summed E-state index contributed by atoms with van der Waals surface area (Å²) < 4.78 is 0. The zero-order valence-electron chi connectivity index (χ0n) is 11.7. The number of ketones is 2. The van der Waals surface area contributed by atoms with Crippen molar-refractivity contribution < 1.29 is 14.7 Å². The lowest BCUT2D eigenvalue weighted by atomic mass is 9.73. The number of aliphatic hydroxyl groups is 1. The van der Waals surface area contributed by atoms with E-state index in [9.17, 15) is 14.7 Å². The first-order valence-corrected chi connectivity index (χ1v) is 7.13. The molecule has 21 heavy (non-hydrogen) atoms. The summed E-state index contributed by atoms with van der Waals surface area (Å²) in [7, 11) is 2.06. The van der Waals surface area contributed by atoms with Crippen LogP contribution in [0.5, 0.6) is 0 Å². The standard InChI is InChI=1S/C17H15NO3/c1-18-6-5-9-3-2-4-10-15(9)12(18)7-11-13(19)8-14(20)17(21)16(10)11/h2-4,8,12,19H,5-7H2,1H3/t12-/m1/s1. The highest BCUT2D eigenvalue weighted by molar-refractivity contribution is 6.58. The van der Waals surface area contributed by atoms with Crippen molar-refractivity contribution in [2.24, 2.45) is 0 Å². The summed E-state index contributed by atoms with van der Waals surface area (Å²) in [5, 5.41) is 10.1. The zero-order chi connectivity index (χ0) is 14.7. The summed E-state index contributed by atoms with van der Waals surface area (Å²) in [4.78, 5) is 26.3. The van der Waals surface area contributed by atoms with Crippen molar-refractivity contribution >= 4 is 17.1 Å². The van der Waals surface area contributed by atoms with Crippen molar-refractivity contribution in [2.45, 2.75) is 18.9 Å². The molecule has 106 valence electrons. The van der Waals surface area contributed by atoms with Gasteiger partial charge in [-0.15, -0.1) is 0 Å². The highest BCUT2D eigenvalue weighted by Crippen LogP contribution is 2.46. The van der Waals surface area contributed by atoms with E-state index in [0.717, 1.165) is 30.2 Å². The molecule has 1 heterocycles. The predicted molar refractivity (Wildman–Crippen MR) is 77.8 cm³/mol. The molecule has 0 bridgehead atoms. The molecule has 0 fully saturated rings. The fraction of sp³-hybridized carbons (Fsp3) is 0.294. The molecule has 1 aliphatic heterocycles. The Hall–Kier alpha value is -2.20. The van der Waals surface area contributed by atoms with Crippen LogP contribution in [0.25, 0.3) is 5.57 Å². The van der Waals surface area contributed by atoms with E-state index in [0.29, 0.717) is 17.6 Å². The second kappa shape index (κ2) is 4.15. The largest absolute Gasteiger partial charge is 0.507 e. The molecule has 0 saturated carbocycles. The predicted octanol–water partition coefficient (Wildman–Crippen LogP) is 1.97. The summed E-state index contributed by atoms with van der Waals surface area (Å²) in [6, 6.07) is 6.08. The normalized spacial score (nSPS) is 24.6. The van der Waals surface area contributed by atoms with Gasteiger partial charge in [-0.3, -0.25) is 14.5 Å². The SMILES string of the molecule is CN1CCc2cccc3c2[C@H]1CC1=C3C(=O)C(=O)C=C1O. The molecular formula is C17H15NO3. The maximum Gasteiger partial charge on any atom is 0.234 e. The number of fused-ring (bicyclic) bond motifs is 1. The Kier molecular flexibility index (Phi) is 2.48. The van der Waals surface area contributed by atoms with Crippen LogP contribution in [0.3, 0.4) is 0 Å². The maximum absolute atomic E-state index is 12.3. The first-order chi connectivity index (χ1) is 10.1. The van der Waals surface area contributed by atoms with Gasteiger partial charge in [0.2, 0.25) is 11.6 Å². The van der Waals surface area contributed by atoms with Gasteiger partial charge in [0.15, 0.2) is 0 Å². The zero-order valence-corrected chi connectivity index (χ0v) is 11.7. The van der Waals surface area contributed by atoms with Crippen molar-refractivity contribution in [3.63, 3.8) is 0 Å². The third kappa shape index (κ3) is 1.59. The molecule has 3 aliphatic rings. The third-order valence-electron chi connectivity index (χ3n) is 4.79. The Morgan fingerprint density at radius 2 is 2.10 bits per heavy atom. The molecule has 0 unspecified atom stereocenters. The molecule has 4 nitrogen and oxygen atoms in total. The number of nitrogens with zero attached hydrogens (tertiary/aromatic N) is 1. The Morgan fingerprint density at radius 1 is 1.29 bits per heavy atom. The topological polar surface area (TPSA) is 57.6 Å². The van der Waals surface area contributed by atoms with E-state index in [-0.39, 0.29) is 11.8 Å². The van der Waals surface area contributed by atoms with Crippen LogP contribution in [-0.2, 0) is 16.0 Å². The van der Waals surface area contributed by atoms with E-state index in [1.54, 1.807) is 0 Å². The highest BCUT2D eigenvalue weighted by Gasteiger charge is 2.40. The Balaban J connectivity index is 2.02. The van der Waals surface area contributed by atoms with Crippen molar-refractivity contribution in [1.82, 2.24) is 4.90 Å². The van der Waals surface area contributed by atoms with E-state index in [2.05, 4.69) is 18.0 Å². The van der Waals surface area contributed by atoms with Crippen LogP contribution < -0.4 is 0 Å². The lowest BCUT2D eigenvalue weighted by molar-refractivity contribution is -0.130. The molecule has 0 aromatic heterocycles. The average Bonchev–Trinajstić information content (AvgIpc) is 2.48. The van der Waals surface area contributed by atoms with Crippen LogP contribution in [0.1, 0.15) is 29.2 Å². The molecule has 4 rings (SSSR count). The fourth-order valence-corrected chi connectivity index (χ4v) is 3.72. The summed E-state index contributed by atoms with van der Waals surface area (Å²) in [6.45, 7) is 0.959. The van der Waals surface area contributed by atoms with Crippen LogP contribution >= 0.6 is 0 Å². The number of aliphatic hydroxyl groups excluding tert-OH is 1. The number of carbonyl (C=O) groups is 2. The van der Waals surface area contributed by atoms with Crippen LogP contribution in [0.2, 0.25) is 0 Å². The van der Waals surface area contributed by atoms with Gasteiger partial charge in [-0.1, -0.05) is 18.2 Å². The van der Waals surface area contributed by atoms with Gasteiger partial charge in [-0.25, -0.2) is 0 Å². The second-order valence-electron chi connectivity index (χ2n) is 5.91. The van der Waals surface area contributed by atoms with E-state index >= 15 is 0 Å². The Labute approximate surface area is 122 Å². The smallest absolute Gasteiger partial charge is 0.234 e. The first kappa shape index (κ1) is 12.5. The molecular weight excluding hydrogens is 266 g/mol. The van der Waals surface area contributed by atoms with Gasteiger partial charge in [0.1, 0.15) is 5.76 Å². The Bertz CT molecular complexity index is 757. The third-order valence-corrected chi connectivity index (χ3v) is 4.79. The van der Waals surface area contributed by atoms with Gasteiger partial charge in [0.25, 0.3) is 0 Å². The number of hydrogen-bond acceptors (Lipinski definition) is 4. The van der Waals surface area contributed by atoms with Crippen LogP contribution in [-0.4, -0.2) is 35.2 Å². The van der Waals surface area contributed by atoms with Gasteiger partial charge in [0.05, 0.1) is 0 Å². The van der Waals surface area contributed by atoms with E-state index in [4.69, 9.17) is 0 Å². The first-order valence-electron chi connectivity index (χ1n) is 7.13. The summed E-state index contributed by atoms with van der Waals surface area (Å²) in [5.41, 5.74) is 4.24. The number of likely N-dealkylation sites (N-methyl/N-ethyl adjacent to an activating group) is 1. The lowest BCUT2D eigenvalue weighted by Gasteiger charge is -2.40. The molecule has 0 spiro atoms. The average molecular weight is 281 g/mol. The van der Waals surface area contributed by atoms with Gasteiger partial charge in [0, 0.05) is 29.8 Å². The number of benzene rings is 1. The molecule has 1 N–H and O–H groups in total. The molecule has 0 saturated heterocycles. The molecule has 0 amide bonds. The van der Waals surface area contributed by atoms with E-state index in [1.165, 1.54) is 5.56 Å². The highest BCUT2D eigenvalue weighted by atomic mass is 16.3. The summed E-state index contributed by atoms with van der Waals surface area (Å²) >= 11 is 0. The monoisotopic (exact) mass is 281 g/mol. The van der Waals surface area contributed by atoms with E-state index in [1.807, 2.05) is 12.1 Å². The second-order valence-corrected chi connectivity index (χ2v) is 5.91. The van der Waals surface area contributed by atoms with Crippen LogP contribution in [0, 0.1) is 0 Å². The van der Waals surface area contributed by atoms with Gasteiger partial charge < -0.3 is 5.11 Å². The maximum atomic E-state index is 12.3. The summed E-state index contributed by atoms with van der Waals surface area (Å²) in [5.74, 6) is -1.18. The van der Waals surface area contributed by atoms with Crippen LogP contribution in [0.4, 0.5) is 0 Å². The lowest BCUT2D eigenvalue weighted by Crippen LogP contribution is -2.37. The number of allylic oxidation sites excluding steroid dienone is 3.